The maximum Gasteiger partial charge on any atom is 0.262 e. The number of amides is 2. The standard InChI is InChI=1S/C28H26IN3O4/c1-18-8-7-11-24(19(18)2)32-26(33)17-36-27-23(29)13-21(14-25(27)35-3)12-22(15-30)28(34)31-16-20-9-5-4-6-10-20/h4-14H,16-17H2,1-3H3,(H,31,34)(H,32,33)/b22-12+. The number of ether oxygens (including phenoxy) is 2. The fraction of sp³-hybridized carbons (Fsp3) is 0.179. The van der Waals surface area contributed by atoms with Gasteiger partial charge in [0.2, 0.25) is 0 Å². The van der Waals surface area contributed by atoms with Gasteiger partial charge in [-0.3, -0.25) is 9.59 Å². The lowest BCUT2D eigenvalue weighted by atomic mass is 10.1. The van der Waals surface area contributed by atoms with E-state index < -0.39 is 5.91 Å². The monoisotopic (exact) mass is 595 g/mol. The second kappa shape index (κ2) is 12.7. The molecule has 0 saturated heterocycles. The summed E-state index contributed by atoms with van der Waals surface area (Å²) >= 11 is 2.07. The van der Waals surface area contributed by atoms with Crippen LogP contribution in [0.15, 0.2) is 66.2 Å². The zero-order chi connectivity index (χ0) is 26.1. The van der Waals surface area contributed by atoms with Crippen molar-refractivity contribution in [1.29, 1.82) is 5.26 Å². The molecule has 0 atom stereocenters. The van der Waals surface area contributed by atoms with E-state index in [1.807, 2.05) is 68.4 Å². The average Bonchev–Trinajstić information content (AvgIpc) is 2.88. The molecule has 3 aromatic carbocycles. The summed E-state index contributed by atoms with van der Waals surface area (Å²) in [5.74, 6) is 0.0132. The Morgan fingerprint density at radius 3 is 2.53 bits per heavy atom. The van der Waals surface area contributed by atoms with Crippen LogP contribution in [0.1, 0.15) is 22.3 Å². The van der Waals surface area contributed by atoms with Crippen LogP contribution in [0.25, 0.3) is 6.08 Å². The zero-order valence-electron chi connectivity index (χ0n) is 20.2. The molecule has 0 bridgehead atoms. The fourth-order valence-corrected chi connectivity index (χ4v) is 4.14. The van der Waals surface area contributed by atoms with Crippen molar-refractivity contribution in [3.05, 3.63) is 92.1 Å². The first-order chi connectivity index (χ1) is 17.3. The van der Waals surface area contributed by atoms with Crippen molar-refractivity contribution in [3.63, 3.8) is 0 Å². The van der Waals surface area contributed by atoms with Gasteiger partial charge in [-0.25, -0.2) is 0 Å². The Hall–Kier alpha value is -3.84. The second-order valence-corrected chi connectivity index (χ2v) is 9.12. The highest BCUT2D eigenvalue weighted by Gasteiger charge is 2.15. The molecule has 0 fully saturated rings. The van der Waals surface area contributed by atoms with Crippen LogP contribution in [0.2, 0.25) is 0 Å². The second-order valence-electron chi connectivity index (χ2n) is 7.96. The maximum atomic E-state index is 12.5. The van der Waals surface area contributed by atoms with Gasteiger partial charge in [0, 0.05) is 12.2 Å². The van der Waals surface area contributed by atoms with E-state index in [0.717, 1.165) is 22.4 Å². The topological polar surface area (TPSA) is 100 Å². The molecule has 0 aliphatic heterocycles. The molecule has 7 nitrogen and oxygen atoms in total. The quantitative estimate of drug-likeness (QED) is 0.202. The van der Waals surface area contributed by atoms with Crippen molar-refractivity contribution < 1.29 is 19.1 Å². The third-order valence-electron chi connectivity index (χ3n) is 5.45. The first-order valence-electron chi connectivity index (χ1n) is 11.1. The summed E-state index contributed by atoms with van der Waals surface area (Å²) in [5.41, 5.74) is 4.30. The molecule has 36 heavy (non-hydrogen) atoms. The third-order valence-corrected chi connectivity index (χ3v) is 6.25. The predicted molar refractivity (Wildman–Crippen MR) is 148 cm³/mol. The molecule has 8 heteroatoms. The number of methoxy groups -OCH3 is 1. The minimum atomic E-state index is -0.473. The van der Waals surface area contributed by atoms with E-state index in [1.54, 1.807) is 12.1 Å². The van der Waals surface area contributed by atoms with Gasteiger partial charge in [-0.15, -0.1) is 0 Å². The number of hydrogen-bond donors (Lipinski definition) is 2. The van der Waals surface area contributed by atoms with Gasteiger partial charge in [0.25, 0.3) is 11.8 Å². The largest absolute Gasteiger partial charge is 0.493 e. The van der Waals surface area contributed by atoms with E-state index in [0.29, 0.717) is 27.2 Å². The molecule has 0 heterocycles. The van der Waals surface area contributed by atoms with E-state index in [4.69, 9.17) is 9.47 Å². The number of hydrogen-bond acceptors (Lipinski definition) is 5. The van der Waals surface area contributed by atoms with Crippen LogP contribution in [-0.2, 0) is 16.1 Å². The fourth-order valence-electron chi connectivity index (χ4n) is 3.36. The van der Waals surface area contributed by atoms with Crippen LogP contribution in [0.3, 0.4) is 0 Å². The summed E-state index contributed by atoms with van der Waals surface area (Å²) in [7, 11) is 1.49. The van der Waals surface area contributed by atoms with Crippen LogP contribution in [0, 0.1) is 28.7 Å². The van der Waals surface area contributed by atoms with E-state index in [2.05, 4.69) is 33.2 Å². The van der Waals surface area contributed by atoms with E-state index in [1.165, 1.54) is 13.2 Å². The number of nitrogens with zero attached hydrogens (tertiary/aromatic N) is 1. The van der Waals surface area contributed by atoms with Gasteiger partial charge in [-0.05, 0) is 83.0 Å². The third kappa shape index (κ3) is 7.09. The van der Waals surface area contributed by atoms with Crippen LogP contribution in [-0.4, -0.2) is 25.5 Å². The summed E-state index contributed by atoms with van der Waals surface area (Å²) in [6.45, 7) is 4.04. The molecule has 0 aromatic heterocycles. The van der Waals surface area contributed by atoms with Gasteiger partial charge in [-0.1, -0.05) is 42.5 Å². The highest BCUT2D eigenvalue weighted by atomic mass is 127. The number of anilines is 1. The van der Waals surface area contributed by atoms with Gasteiger partial charge in [0.1, 0.15) is 11.6 Å². The van der Waals surface area contributed by atoms with E-state index in [9.17, 15) is 14.9 Å². The minimum Gasteiger partial charge on any atom is -0.493 e. The molecule has 0 spiro atoms. The predicted octanol–water partition coefficient (Wildman–Crippen LogP) is 5.16. The Kier molecular flexibility index (Phi) is 9.47. The summed E-state index contributed by atoms with van der Waals surface area (Å²) in [6, 6.07) is 20.5. The molecule has 184 valence electrons. The lowest BCUT2D eigenvalue weighted by Crippen LogP contribution is -2.23. The highest BCUT2D eigenvalue weighted by Crippen LogP contribution is 2.34. The Balaban J connectivity index is 1.70. The van der Waals surface area contributed by atoms with Gasteiger partial charge < -0.3 is 20.1 Å². The number of aryl methyl sites for hydroxylation is 1. The smallest absolute Gasteiger partial charge is 0.262 e. The molecule has 0 radical (unpaired) electrons. The number of nitrogens with one attached hydrogen (secondary N) is 2. The van der Waals surface area contributed by atoms with Crippen LogP contribution in [0.5, 0.6) is 11.5 Å². The summed E-state index contributed by atoms with van der Waals surface area (Å²) < 4.78 is 11.9. The molecule has 2 amide bonds. The zero-order valence-corrected chi connectivity index (χ0v) is 22.4. The number of rotatable bonds is 9. The first kappa shape index (κ1) is 26.8. The van der Waals surface area contributed by atoms with Gasteiger partial charge in [0.15, 0.2) is 18.1 Å². The number of halogens is 1. The van der Waals surface area contributed by atoms with Gasteiger partial charge in [-0.2, -0.15) is 5.26 Å². The Morgan fingerprint density at radius 1 is 1.08 bits per heavy atom. The molecule has 0 aliphatic rings. The summed E-state index contributed by atoms with van der Waals surface area (Å²) in [4.78, 5) is 25.0. The minimum absolute atomic E-state index is 0.0367. The molecule has 0 unspecified atom stereocenters. The lowest BCUT2D eigenvalue weighted by Gasteiger charge is -2.15. The van der Waals surface area contributed by atoms with Crippen molar-refractivity contribution in [3.8, 4) is 17.6 Å². The SMILES string of the molecule is COc1cc(/C=C(\C#N)C(=O)NCc2ccccc2)cc(I)c1OCC(=O)Nc1cccc(C)c1C. The van der Waals surface area contributed by atoms with Crippen molar-refractivity contribution in [2.24, 2.45) is 0 Å². The molecule has 3 aromatic rings. The van der Waals surface area contributed by atoms with Crippen molar-refractivity contribution >= 4 is 46.2 Å². The Bertz CT molecular complexity index is 1330. The first-order valence-corrected chi connectivity index (χ1v) is 12.2. The number of carbonyl (C=O) groups excluding carboxylic acids is 2. The number of carbonyl (C=O) groups is 2. The van der Waals surface area contributed by atoms with Crippen LogP contribution in [0.4, 0.5) is 5.69 Å². The summed E-state index contributed by atoms with van der Waals surface area (Å²) in [6.07, 6.45) is 1.49. The van der Waals surface area contributed by atoms with Crippen LogP contribution < -0.4 is 20.1 Å². The molecule has 3 rings (SSSR count). The molecule has 0 aliphatic carbocycles. The number of nitriles is 1. The lowest BCUT2D eigenvalue weighted by molar-refractivity contribution is -0.118. The Morgan fingerprint density at radius 2 is 1.83 bits per heavy atom. The molecule has 0 saturated carbocycles. The normalized spacial score (nSPS) is 10.8. The van der Waals surface area contributed by atoms with Crippen molar-refractivity contribution in [1.82, 2.24) is 5.32 Å². The van der Waals surface area contributed by atoms with Crippen molar-refractivity contribution in [2.45, 2.75) is 20.4 Å². The molecular weight excluding hydrogens is 569 g/mol. The number of benzene rings is 3. The van der Waals surface area contributed by atoms with Gasteiger partial charge in [0.05, 0.1) is 10.7 Å². The van der Waals surface area contributed by atoms with Gasteiger partial charge >= 0.3 is 0 Å². The van der Waals surface area contributed by atoms with E-state index in [-0.39, 0.29) is 18.1 Å². The summed E-state index contributed by atoms with van der Waals surface area (Å²) in [5, 5.41) is 15.1. The van der Waals surface area contributed by atoms with Crippen LogP contribution >= 0.6 is 22.6 Å². The van der Waals surface area contributed by atoms with Crippen molar-refractivity contribution in [2.75, 3.05) is 19.0 Å². The molecular formula is C28H26IN3O4. The highest BCUT2D eigenvalue weighted by molar-refractivity contribution is 14.1. The average molecular weight is 595 g/mol. The molecule has 2 N–H and O–H groups in total. The maximum absolute atomic E-state index is 12.5. The Labute approximate surface area is 224 Å². The van der Waals surface area contributed by atoms with E-state index >= 15 is 0 Å².